The predicted octanol–water partition coefficient (Wildman–Crippen LogP) is 3.53. The Bertz CT molecular complexity index is 815. The third kappa shape index (κ3) is 6.59. The average molecular weight is 440 g/mol. The normalized spacial score (nSPS) is 16.8. The van der Waals surface area contributed by atoms with Gasteiger partial charge in [0.15, 0.2) is 0 Å². The number of carbonyl (C=O) groups is 2. The Morgan fingerprint density at radius 3 is 2.29 bits per heavy atom. The number of nitriles is 1. The van der Waals surface area contributed by atoms with E-state index in [0.29, 0.717) is 18.5 Å². The topological polar surface area (TPSA) is 85.7 Å². The summed E-state index contributed by atoms with van der Waals surface area (Å²) in [6.07, 6.45) is -0.682. The zero-order valence-corrected chi connectivity index (χ0v) is 17.8. The second kappa shape index (κ2) is 10.0. The number of likely N-dealkylation sites (N-methyl/N-ethyl adjacent to an activating group) is 2. The molecule has 7 nitrogen and oxygen atoms in total. The molecule has 0 radical (unpaired) electrons. The van der Waals surface area contributed by atoms with Crippen molar-refractivity contribution < 1.29 is 27.5 Å². The minimum absolute atomic E-state index is 0.110. The van der Waals surface area contributed by atoms with Gasteiger partial charge < -0.3 is 15.0 Å². The van der Waals surface area contributed by atoms with Crippen molar-refractivity contribution in [3.8, 4) is 11.8 Å². The van der Waals surface area contributed by atoms with E-state index in [1.54, 1.807) is 25.9 Å². The van der Waals surface area contributed by atoms with E-state index in [-0.39, 0.29) is 18.2 Å². The molecule has 0 heterocycles. The van der Waals surface area contributed by atoms with Crippen molar-refractivity contribution in [1.29, 1.82) is 5.26 Å². The molecule has 1 aliphatic rings. The van der Waals surface area contributed by atoms with Crippen molar-refractivity contribution in [3.63, 3.8) is 0 Å². The summed E-state index contributed by atoms with van der Waals surface area (Å²) >= 11 is 0. The maximum atomic E-state index is 12.9. The third-order valence-corrected chi connectivity index (χ3v) is 5.64. The molecule has 1 aliphatic carbocycles. The third-order valence-electron chi connectivity index (χ3n) is 5.64. The molecule has 1 fully saturated rings. The van der Waals surface area contributed by atoms with E-state index in [1.165, 1.54) is 17.0 Å². The first-order valence-electron chi connectivity index (χ1n) is 10.0. The number of rotatable bonds is 7. The van der Waals surface area contributed by atoms with Gasteiger partial charge in [-0.2, -0.15) is 5.26 Å². The van der Waals surface area contributed by atoms with Crippen LogP contribution in [0.15, 0.2) is 24.3 Å². The lowest BCUT2D eigenvalue weighted by Gasteiger charge is -2.41. The highest BCUT2D eigenvalue weighted by Gasteiger charge is 2.40. The maximum Gasteiger partial charge on any atom is 0.573 e. The van der Waals surface area contributed by atoms with Crippen LogP contribution in [0.4, 0.5) is 18.9 Å². The monoisotopic (exact) mass is 440 g/mol. The van der Waals surface area contributed by atoms with Crippen LogP contribution < -0.4 is 10.1 Å². The Hall–Kier alpha value is -2.80. The van der Waals surface area contributed by atoms with Gasteiger partial charge in [0.1, 0.15) is 11.3 Å². The van der Waals surface area contributed by atoms with Crippen molar-refractivity contribution in [3.05, 3.63) is 24.3 Å². The smallest absolute Gasteiger partial charge is 0.406 e. The Kier molecular flexibility index (Phi) is 7.90. The maximum absolute atomic E-state index is 12.9. The van der Waals surface area contributed by atoms with E-state index < -0.39 is 23.9 Å². The number of anilines is 1. The van der Waals surface area contributed by atoms with Gasteiger partial charge in [0, 0.05) is 12.7 Å². The van der Waals surface area contributed by atoms with Crippen LogP contribution >= 0.6 is 0 Å². The van der Waals surface area contributed by atoms with E-state index in [2.05, 4.69) is 16.1 Å². The minimum atomic E-state index is -4.79. The number of nitrogens with one attached hydrogen (secondary N) is 1. The van der Waals surface area contributed by atoms with Crippen molar-refractivity contribution in [2.75, 3.05) is 26.0 Å². The number of ether oxygens (including phenoxy) is 1. The van der Waals surface area contributed by atoms with Crippen LogP contribution in [0.5, 0.6) is 5.75 Å². The summed E-state index contributed by atoms with van der Waals surface area (Å²) in [6.45, 7) is 1.56. The molecule has 0 saturated heterocycles. The molecule has 0 bridgehead atoms. The van der Waals surface area contributed by atoms with E-state index in [9.17, 15) is 28.0 Å². The summed E-state index contributed by atoms with van der Waals surface area (Å²) in [7, 11) is 3.25. The molecule has 1 saturated carbocycles. The Labute approximate surface area is 179 Å². The molecule has 170 valence electrons. The first-order valence-corrected chi connectivity index (χ1v) is 10.0. The van der Waals surface area contributed by atoms with Crippen LogP contribution in [-0.4, -0.2) is 60.2 Å². The first kappa shape index (κ1) is 24.5. The van der Waals surface area contributed by atoms with E-state index in [4.69, 9.17) is 0 Å². The SMILES string of the molecule is C[C@@H](C(=O)N(C)C1(C#N)CCCCC1)N(C)CC(=O)Nc1ccc(OC(F)(F)F)cc1. The lowest BCUT2D eigenvalue weighted by Crippen LogP contribution is -2.55. The number of hydrogen-bond donors (Lipinski definition) is 1. The summed E-state index contributed by atoms with van der Waals surface area (Å²) in [5.74, 6) is -1.06. The second-order valence-corrected chi connectivity index (χ2v) is 7.81. The summed E-state index contributed by atoms with van der Waals surface area (Å²) < 4.78 is 40.4. The minimum Gasteiger partial charge on any atom is -0.406 e. The van der Waals surface area contributed by atoms with Crippen molar-refractivity contribution >= 4 is 17.5 Å². The fourth-order valence-electron chi connectivity index (χ4n) is 3.64. The number of benzene rings is 1. The molecule has 0 unspecified atom stereocenters. The number of nitrogens with zero attached hydrogens (tertiary/aromatic N) is 3. The highest BCUT2D eigenvalue weighted by Crippen LogP contribution is 2.33. The molecular formula is C21H27F3N4O3. The lowest BCUT2D eigenvalue weighted by molar-refractivity contribution is -0.274. The van der Waals surface area contributed by atoms with Gasteiger partial charge >= 0.3 is 6.36 Å². The fourth-order valence-corrected chi connectivity index (χ4v) is 3.64. The zero-order valence-electron chi connectivity index (χ0n) is 17.8. The number of halogens is 3. The van der Waals surface area contributed by atoms with Gasteiger partial charge in [-0.15, -0.1) is 13.2 Å². The molecule has 2 amide bonds. The van der Waals surface area contributed by atoms with Gasteiger partial charge in [-0.3, -0.25) is 14.5 Å². The van der Waals surface area contributed by atoms with Gasteiger partial charge in [-0.25, -0.2) is 0 Å². The Morgan fingerprint density at radius 2 is 1.77 bits per heavy atom. The second-order valence-electron chi connectivity index (χ2n) is 7.81. The molecule has 1 N–H and O–H groups in total. The number of alkyl halides is 3. The standard InChI is InChI=1S/C21H27F3N4O3/c1-15(19(30)28(3)20(14-25)11-5-4-6-12-20)27(2)13-18(29)26-16-7-9-17(10-8-16)31-21(22,23)24/h7-10,15H,4-6,11-13H2,1-3H3,(H,26,29)/t15-/m0/s1. The van der Waals surface area contributed by atoms with Crippen molar-refractivity contribution in [1.82, 2.24) is 9.80 Å². The fraction of sp³-hybridized carbons (Fsp3) is 0.571. The van der Waals surface area contributed by atoms with Gasteiger partial charge in [0.05, 0.1) is 18.7 Å². The quantitative estimate of drug-likeness (QED) is 0.701. The highest BCUT2D eigenvalue weighted by atomic mass is 19.4. The van der Waals surface area contributed by atoms with Gasteiger partial charge in [-0.1, -0.05) is 19.3 Å². The number of carbonyl (C=O) groups excluding carboxylic acids is 2. The van der Waals surface area contributed by atoms with Crippen LogP contribution in [0.2, 0.25) is 0 Å². The van der Waals surface area contributed by atoms with E-state index in [0.717, 1.165) is 31.4 Å². The van der Waals surface area contributed by atoms with Gasteiger partial charge in [0.2, 0.25) is 11.8 Å². The summed E-state index contributed by atoms with van der Waals surface area (Å²) in [5.41, 5.74) is -0.512. The van der Waals surface area contributed by atoms with Crippen molar-refractivity contribution in [2.24, 2.45) is 0 Å². The average Bonchev–Trinajstić information content (AvgIpc) is 2.72. The van der Waals surface area contributed by atoms with Crippen LogP contribution in [0.25, 0.3) is 0 Å². The molecular weight excluding hydrogens is 413 g/mol. The number of amides is 2. The number of hydrogen-bond acceptors (Lipinski definition) is 5. The molecule has 0 aromatic heterocycles. The zero-order chi connectivity index (χ0) is 23.2. The van der Waals surface area contributed by atoms with Crippen LogP contribution in [0, 0.1) is 11.3 Å². The van der Waals surface area contributed by atoms with E-state index >= 15 is 0 Å². The van der Waals surface area contributed by atoms with Gasteiger partial charge in [0.25, 0.3) is 0 Å². The van der Waals surface area contributed by atoms with Gasteiger partial charge in [-0.05, 0) is 51.1 Å². The van der Waals surface area contributed by atoms with Crippen molar-refractivity contribution in [2.45, 2.75) is 57.0 Å². The van der Waals surface area contributed by atoms with E-state index in [1.807, 2.05) is 0 Å². The molecule has 31 heavy (non-hydrogen) atoms. The Balaban J connectivity index is 1.92. The van der Waals surface area contributed by atoms with Crippen LogP contribution in [0.1, 0.15) is 39.0 Å². The summed E-state index contributed by atoms with van der Waals surface area (Å²) in [6, 6.07) is 6.46. The molecule has 10 heteroatoms. The molecule has 1 atom stereocenters. The molecule has 0 aliphatic heterocycles. The predicted molar refractivity (Wildman–Crippen MR) is 108 cm³/mol. The van der Waals surface area contributed by atoms with Crippen LogP contribution in [-0.2, 0) is 9.59 Å². The highest BCUT2D eigenvalue weighted by molar-refractivity contribution is 5.93. The molecule has 2 rings (SSSR count). The first-order chi connectivity index (χ1) is 14.5. The molecule has 0 spiro atoms. The summed E-state index contributed by atoms with van der Waals surface area (Å²) in [5, 5.41) is 12.3. The lowest BCUT2D eigenvalue weighted by atomic mass is 9.81. The van der Waals surface area contributed by atoms with Crippen LogP contribution in [0.3, 0.4) is 0 Å². The largest absolute Gasteiger partial charge is 0.573 e. The molecule has 1 aromatic carbocycles. The molecule has 1 aromatic rings. The summed E-state index contributed by atoms with van der Waals surface area (Å²) in [4.78, 5) is 28.3. The Morgan fingerprint density at radius 1 is 1.19 bits per heavy atom.